The number of rotatable bonds is 6. The number of anilines is 1. The second kappa shape index (κ2) is 8.48. The zero-order valence-electron chi connectivity index (χ0n) is 16.3. The monoisotopic (exact) mass is 348 g/mol. The van der Waals surface area contributed by atoms with Gasteiger partial charge in [0.05, 0.1) is 12.5 Å². The molecule has 1 aromatic carbocycles. The summed E-state index contributed by atoms with van der Waals surface area (Å²) < 4.78 is 0. The first-order valence-electron chi connectivity index (χ1n) is 8.70. The Hall–Kier alpha value is -1.88. The molecule has 0 spiro atoms. The van der Waals surface area contributed by atoms with E-state index in [2.05, 4.69) is 10.6 Å². The summed E-state index contributed by atoms with van der Waals surface area (Å²) in [7, 11) is 0. The predicted octanol–water partition coefficient (Wildman–Crippen LogP) is 3.13. The molecular weight excluding hydrogens is 316 g/mol. The van der Waals surface area contributed by atoms with Crippen LogP contribution in [0.2, 0.25) is 0 Å². The van der Waals surface area contributed by atoms with Gasteiger partial charge in [0.1, 0.15) is 0 Å². The number of amides is 2. The van der Waals surface area contributed by atoms with Crippen LogP contribution in [0.3, 0.4) is 0 Å². The van der Waals surface area contributed by atoms with Gasteiger partial charge in [0.2, 0.25) is 11.8 Å². The number of aliphatic hydroxyl groups excluding tert-OH is 1. The quantitative estimate of drug-likeness (QED) is 0.739. The number of hydrogen-bond acceptors (Lipinski definition) is 3. The summed E-state index contributed by atoms with van der Waals surface area (Å²) in [5, 5.41) is 15.6. The third-order valence-electron chi connectivity index (χ3n) is 3.79. The summed E-state index contributed by atoms with van der Waals surface area (Å²) in [4.78, 5) is 23.9. The first-order chi connectivity index (χ1) is 11.4. The molecule has 3 N–H and O–H groups in total. The molecule has 1 unspecified atom stereocenters. The van der Waals surface area contributed by atoms with Crippen LogP contribution in [0.4, 0.5) is 5.69 Å². The SMILES string of the molecule is CC(C)(C)CC(=O)Nc1ccc(CC(=O)NCC(O)C(C)(C)C)cc1. The highest BCUT2D eigenvalue weighted by atomic mass is 16.3. The molecule has 0 aliphatic carbocycles. The second-order valence-electron chi connectivity index (χ2n) is 8.85. The molecule has 25 heavy (non-hydrogen) atoms. The number of aliphatic hydroxyl groups is 1. The molecule has 140 valence electrons. The summed E-state index contributed by atoms with van der Waals surface area (Å²) >= 11 is 0. The second-order valence-corrected chi connectivity index (χ2v) is 8.85. The van der Waals surface area contributed by atoms with Crippen LogP contribution in [0.15, 0.2) is 24.3 Å². The van der Waals surface area contributed by atoms with Crippen LogP contribution in [-0.2, 0) is 16.0 Å². The fraction of sp³-hybridized carbons (Fsp3) is 0.600. The van der Waals surface area contributed by atoms with Crippen LogP contribution in [0.5, 0.6) is 0 Å². The Bertz CT molecular complexity index is 580. The molecule has 1 atom stereocenters. The van der Waals surface area contributed by atoms with Crippen molar-refractivity contribution < 1.29 is 14.7 Å². The fourth-order valence-corrected chi connectivity index (χ4v) is 2.16. The lowest BCUT2D eigenvalue weighted by Gasteiger charge is -2.25. The maximum absolute atomic E-state index is 12.0. The number of hydrogen-bond donors (Lipinski definition) is 3. The maximum Gasteiger partial charge on any atom is 0.224 e. The van der Waals surface area contributed by atoms with Gasteiger partial charge in [-0.15, -0.1) is 0 Å². The molecule has 0 aliphatic heterocycles. The number of carbonyl (C=O) groups is 2. The van der Waals surface area contributed by atoms with Crippen LogP contribution in [0, 0.1) is 10.8 Å². The van der Waals surface area contributed by atoms with Crippen LogP contribution < -0.4 is 10.6 Å². The Kier molecular flexibility index (Phi) is 7.17. The predicted molar refractivity (Wildman–Crippen MR) is 101 cm³/mol. The summed E-state index contributed by atoms with van der Waals surface area (Å²) in [6, 6.07) is 7.25. The lowest BCUT2D eigenvalue weighted by Crippen LogP contribution is -2.39. The summed E-state index contributed by atoms with van der Waals surface area (Å²) in [6.07, 6.45) is 0.109. The van der Waals surface area contributed by atoms with Crippen molar-refractivity contribution >= 4 is 17.5 Å². The van der Waals surface area contributed by atoms with Crippen molar-refractivity contribution in [1.29, 1.82) is 0 Å². The van der Waals surface area contributed by atoms with E-state index in [0.717, 1.165) is 11.3 Å². The number of carbonyl (C=O) groups excluding carboxylic acids is 2. The van der Waals surface area contributed by atoms with Crippen molar-refractivity contribution in [2.75, 3.05) is 11.9 Å². The van der Waals surface area contributed by atoms with Gasteiger partial charge in [-0.25, -0.2) is 0 Å². The van der Waals surface area contributed by atoms with E-state index in [1.54, 1.807) is 12.1 Å². The van der Waals surface area contributed by atoms with Gasteiger partial charge in [0.15, 0.2) is 0 Å². The van der Waals surface area contributed by atoms with Gasteiger partial charge in [0.25, 0.3) is 0 Å². The Morgan fingerprint density at radius 3 is 2.04 bits per heavy atom. The third-order valence-corrected chi connectivity index (χ3v) is 3.79. The van der Waals surface area contributed by atoms with E-state index in [0.29, 0.717) is 6.42 Å². The van der Waals surface area contributed by atoms with Gasteiger partial charge >= 0.3 is 0 Å². The normalized spacial score (nSPS) is 13.2. The van der Waals surface area contributed by atoms with Crippen molar-refractivity contribution in [2.45, 2.75) is 60.5 Å². The molecule has 5 nitrogen and oxygen atoms in total. The highest BCUT2D eigenvalue weighted by Crippen LogP contribution is 2.20. The summed E-state index contributed by atoms with van der Waals surface area (Å²) in [6.45, 7) is 12.1. The molecule has 5 heteroatoms. The molecule has 0 radical (unpaired) electrons. The van der Waals surface area contributed by atoms with Crippen LogP contribution in [-0.4, -0.2) is 29.6 Å². The molecule has 0 saturated heterocycles. The lowest BCUT2D eigenvalue weighted by atomic mass is 9.89. The van der Waals surface area contributed by atoms with Crippen LogP contribution in [0.1, 0.15) is 53.5 Å². The van der Waals surface area contributed by atoms with Crippen LogP contribution >= 0.6 is 0 Å². The van der Waals surface area contributed by atoms with Crippen molar-refractivity contribution in [3.63, 3.8) is 0 Å². The van der Waals surface area contributed by atoms with E-state index in [1.165, 1.54) is 0 Å². The van der Waals surface area contributed by atoms with Gasteiger partial charge in [-0.05, 0) is 28.5 Å². The molecule has 2 amide bonds. The Balaban J connectivity index is 2.49. The van der Waals surface area contributed by atoms with Gasteiger partial charge in [0, 0.05) is 18.7 Å². The minimum absolute atomic E-state index is 0.0193. The van der Waals surface area contributed by atoms with E-state index in [1.807, 2.05) is 53.7 Å². The molecule has 0 bridgehead atoms. The molecule has 1 rings (SSSR count). The third kappa shape index (κ3) is 8.68. The molecular formula is C20H32N2O3. The standard InChI is InChI=1S/C20H32N2O3/c1-19(2,3)12-18(25)22-15-9-7-14(8-10-15)11-17(24)21-13-16(23)20(4,5)6/h7-10,16,23H,11-13H2,1-6H3,(H,21,24)(H,22,25). The first kappa shape index (κ1) is 21.2. The topological polar surface area (TPSA) is 78.4 Å². The average Bonchev–Trinajstić information content (AvgIpc) is 2.43. The van der Waals surface area contributed by atoms with Crippen molar-refractivity contribution in [3.8, 4) is 0 Å². The summed E-state index contributed by atoms with van der Waals surface area (Å²) in [5.41, 5.74) is 1.26. The smallest absolute Gasteiger partial charge is 0.224 e. The zero-order valence-corrected chi connectivity index (χ0v) is 16.3. The zero-order chi connectivity index (χ0) is 19.3. The maximum atomic E-state index is 12.0. The Labute approximate surface area is 151 Å². The largest absolute Gasteiger partial charge is 0.391 e. The number of benzene rings is 1. The van der Waals surface area contributed by atoms with Gasteiger partial charge in [-0.3, -0.25) is 9.59 Å². The fourth-order valence-electron chi connectivity index (χ4n) is 2.16. The van der Waals surface area contributed by atoms with Gasteiger partial charge in [-0.1, -0.05) is 53.7 Å². The first-order valence-corrected chi connectivity index (χ1v) is 8.70. The molecule has 0 aromatic heterocycles. The van der Waals surface area contributed by atoms with Gasteiger partial charge < -0.3 is 15.7 Å². The van der Waals surface area contributed by atoms with Crippen LogP contribution in [0.25, 0.3) is 0 Å². The summed E-state index contributed by atoms with van der Waals surface area (Å²) in [5.74, 6) is -0.151. The van der Waals surface area contributed by atoms with E-state index < -0.39 is 6.10 Å². The molecule has 1 aromatic rings. The molecule has 0 fully saturated rings. The number of nitrogens with one attached hydrogen (secondary N) is 2. The van der Waals surface area contributed by atoms with Crippen molar-refractivity contribution in [1.82, 2.24) is 5.32 Å². The minimum atomic E-state index is -0.586. The minimum Gasteiger partial charge on any atom is -0.391 e. The van der Waals surface area contributed by atoms with E-state index in [4.69, 9.17) is 0 Å². The van der Waals surface area contributed by atoms with Gasteiger partial charge in [-0.2, -0.15) is 0 Å². The Morgan fingerprint density at radius 2 is 1.56 bits per heavy atom. The molecule has 0 saturated carbocycles. The van der Waals surface area contributed by atoms with Crippen molar-refractivity contribution in [2.24, 2.45) is 10.8 Å². The molecule has 0 heterocycles. The highest BCUT2D eigenvalue weighted by molar-refractivity contribution is 5.91. The van der Waals surface area contributed by atoms with Crippen molar-refractivity contribution in [3.05, 3.63) is 29.8 Å². The average molecular weight is 348 g/mol. The van der Waals surface area contributed by atoms with E-state index in [-0.39, 0.29) is 35.6 Å². The van der Waals surface area contributed by atoms with E-state index >= 15 is 0 Å². The molecule has 0 aliphatic rings. The Morgan fingerprint density at radius 1 is 1.00 bits per heavy atom. The van der Waals surface area contributed by atoms with E-state index in [9.17, 15) is 14.7 Å². The highest BCUT2D eigenvalue weighted by Gasteiger charge is 2.22. The lowest BCUT2D eigenvalue weighted by molar-refractivity contribution is -0.121.